The zero-order chi connectivity index (χ0) is 18.2. The minimum absolute atomic E-state index is 0.0925. The van der Waals surface area contributed by atoms with Gasteiger partial charge in [-0.05, 0) is 42.4 Å². The van der Waals surface area contributed by atoms with Gasteiger partial charge in [0.15, 0.2) is 0 Å². The minimum atomic E-state index is -3.66. The fourth-order valence-electron chi connectivity index (χ4n) is 3.72. The molecule has 0 unspecified atom stereocenters. The SMILES string of the molecule is CCC1CCN(S(=O)(=O)N2CCc3ccc(F)c(C(=O)O)c3C2)CC1. The Morgan fingerprint density at radius 2 is 1.92 bits per heavy atom. The van der Waals surface area contributed by atoms with E-state index in [1.54, 1.807) is 6.07 Å². The first-order chi connectivity index (χ1) is 11.8. The Labute approximate surface area is 147 Å². The number of fused-ring (bicyclic) bond motifs is 1. The summed E-state index contributed by atoms with van der Waals surface area (Å²) < 4.78 is 42.5. The third-order valence-electron chi connectivity index (χ3n) is 5.34. The van der Waals surface area contributed by atoms with Gasteiger partial charge in [0.1, 0.15) is 5.82 Å². The average Bonchev–Trinajstić information content (AvgIpc) is 2.60. The third kappa shape index (κ3) is 3.43. The van der Waals surface area contributed by atoms with E-state index in [2.05, 4.69) is 6.92 Å². The summed E-state index contributed by atoms with van der Waals surface area (Å²) in [5.41, 5.74) is 0.558. The van der Waals surface area contributed by atoms with Crippen LogP contribution in [0.25, 0.3) is 0 Å². The van der Waals surface area contributed by atoms with Crippen molar-refractivity contribution in [3.8, 4) is 0 Å². The number of carboxylic acid groups (broad SMARTS) is 1. The molecule has 2 heterocycles. The molecule has 6 nitrogen and oxygen atoms in total. The first-order valence-corrected chi connectivity index (χ1v) is 10.0. The van der Waals surface area contributed by atoms with Crippen LogP contribution < -0.4 is 0 Å². The van der Waals surface area contributed by atoms with Gasteiger partial charge in [-0.1, -0.05) is 19.4 Å². The lowest BCUT2D eigenvalue weighted by Gasteiger charge is -2.36. The first kappa shape index (κ1) is 18.3. The van der Waals surface area contributed by atoms with Gasteiger partial charge in [-0.15, -0.1) is 0 Å². The second kappa shape index (κ2) is 7.01. The van der Waals surface area contributed by atoms with Gasteiger partial charge in [-0.2, -0.15) is 17.0 Å². The number of piperidine rings is 1. The van der Waals surface area contributed by atoms with Crippen LogP contribution in [-0.2, 0) is 23.2 Å². The van der Waals surface area contributed by atoms with Crippen molar-refractivity contribution in [2.24, 2.45) is 5.92 Å². The van der Waals surface area contributed by atoms with E-state index in [1.165, 1.54) is 8.61 Å². The van der Waals surface area contributed by atoms with Crippen molar-refractivity contribution in [1.82, 2.24) is 8.61 Å². The molecule has 1 fully saturated rings. The molecule has 0 spiro atoms. The summed E-state index contributed by atoms with van der Waals surface area (Å²) in [6.07, 6.45) is 3.12. The van der Waals surface area contributed by atoms with E-state index in [1.807, 2.05) is 0 Å². The Morgan fingerprint density at radius 1 is 1.24 bits per heavy atom. The van der Waals surface area contributed by atoms with Crippen molar-refractivity contribution < 1.29 is 22.7 Å². The molecule has 2 aliphatic heterocycles. The molecule has 3 rings (SSSR count). The van der Waals surface area contributed by atoms with Gasteiger partial charge in [0, 0.05) is 26.2 Å². The van der Waals surface area contributed by atoms with Crippen molar-refractivity contribution in [2.75, 3.05) is 19.6 Å². The van der Waals surface area contributed by atoms with Crippen LogP contribution in [0, 0.1) is 11.7 Å². The quantitative estimate of drug-likeness (QED) is 0.882. The summed E-state index contributed by atoms with van der Waals surface area (Å²) >= 11 is 0. The normalized spacial score (nSPS) is 20.4. The molecule has 0 atom stereocenters. The number of carboxylic acids is 1. The van der Waals surface area contributed by atoms with Gasteiger partial charge < -0.3 is 5.11 Å². The second-order valence-electron chi connectivity index (χ2n) is 6.71. The molecule has 2 aliphatic rings. The van der Waals surface area contributed by atoms with Crippen molar-refractivity contribution in [2.45, 2.75) is 39.2 Å². The van der Waals surface area contributed by atoms with E-state index >= 15 is 0 Å². The Balaban J connectivity index is 1.85. The molecule has 8 heteroatoms. The maximum atomic E-state index is 13.9. The molecule has 25 heavy (non-hydrogen) atoms. The van der Waals surface area contributed by atoms with Crippen molar-refractivity contribution in [3.05, 3.63) is 34.6 Å². The Kier molecular flexibility index (Phi) is 5.13. The second-order valence-corrected chi connectivity index (χ2v) is 8.64. The van der Waals surface area contributed by atoms with Gasteiger partial charge in [0.25, 0.3) is 10.2 Å². The molecule has 138 valence electrons. The monoisotopic (exact) mass is 370 g/mol. The van der Waals surface area contributed by atoms with Crippen molar-refractivity contribution in [1.29, 1.82) is 0 Å². The smallest absolute Gasteiger partial charge is 0.339 e. The number of carbonyl (C=O) groups is 1. The highest BCUT2D eigenvalue weighted by Crippen LogP contribution is 2.29. The van der Waals surface area contributed by atoms with Crippen LogP contribution in [0.15, 0.2) is 12.1 Å². The van der Waals surface area contributed by atoms with Gasteiger partial charge in [-0.3, -0.25) is 0 Å². The number of hydrogen-bond acceptors (Lipinski definition) is 3. The van der Waals surface area contributed by atoms with Crippen LogP contribution in [0.1, 0.15) is 47.7 Å². The van der Waals surface area contributed by atoms with E-state index in [9.17, 15) is 22.7 Å². The van der Waals surface area contributed by atoms with Crippen molar-refractivity contribution in [3.63, 3.8) is 0 Å². The topological polar surface area (TPSA) is 77.9 Å². The van der Waals surface area contributed by atoms with E-state index in [0.717, 1.165) is 25.3 Å². The predicted molar refractivity (Wildman–Crippen MR) is 91.0 cm³/mol. The van der Waals surface area contributed by atoms with E-state index in [4.69, 9.17) is 0 Å². The van der Waals surface area contributed by atoms with Crippen LogP contribution in [-0.4, -0.2) is 47.7 Å². The number of benzene rings is 1. The van der Waals surface area contributed by atoms with Gasteiger partial charge in [0.2, 0.25) is 0 Å². The number of nitrogens with zero attached hydrogens (tertiary/aromatic N) is 2. The fraction of sp³-hybridized carbons (Fsp3) is 0.588. The number of halogens is 1. The molecule has 1 aromatic carbocycles. The van der Waals surface area contributed by atoms with Crippen LogP contribution >= 0.6 is 0 Å². The highest BCUT2D eigenvalue weighted by Gasteiger charge is 2.36. The molecule has 0 aromatic heterocycles. The Morgan fingerprint density at radius 3 is 2.52 bits per heavy atom. The van der Waals surface area contributed by atoms with E-state index in [-0.39, 0.29) is 18.7 Å². The Hall–Kier alpha value is -1.51. The van der Waals surface area contributed by atoms with Crippen molar-refractivity contribution >= 4 is 16.2 Å². The maximum absolute atomic E-state index is 13.9. The van der Waals surface area contributed by atoms with Crippen LogP contribution in [0.5, 0.6) is 0 Å². The highest BCUT2D eigenvalue weighted by molar-refractivity contribution is 7.86. The minimum Gasteiger partial charge on any atom is -0.478 e. The lowest BCUT2D eigenvalue weighted by molar-refractivity contribution is 0.0689. The average molecular weight is 370 g/mol. The molecule has 0 amide bonds. The summed E-state index contributed by atoms with van der Waals surface area (Å²) in [6, 6.07) is 2.69. The summed E-state index contributed by atoms with van der Waals surface area (Å²) in [7, 11) is -3.66. The standard InChI is InChI=1S/C17H23FN2O4S/c1-2-12-5-8-19(9-6-12)25(23,24)20-10-7-13-3-4-15(18)16(17(21)22)14(13)11-20/h3-4,12H,2,5-11H2,1H3,(H,21,22). The lowest BCUT2D eigenvalue weighted by atomic mass is 9.95. The zero-order valence-corrected chi connectivity index (χ0v) is 15.1. The van der Waals surface area contributed by atoms with Crippen LogP contribution in [0.3, 0.4) is 0 Å². The molecule has 1 aromatic rings. The number of hydrogen-bond donors (Lipinski definition) is 1. The Bertz CT molecular complexity index is 773. The molecule has 0 aliphatic carbocycles. The predicted octanol–water partition coefficient (Wildman–Crippen LogP) is 2.25. The first-order valence-electron chi connectivity index (χ1n) is 8.63. The summed E-state index contributed by atoms with van der Waals surface area (Å²) in [6.45, 7) is 3.27. The summed E-state index contributed by atoms with van der Waals surface area (Å²) in [5.74, 6) is -1.63. The van der Waals surface area contributed by atoms with Crippen LogP contribution in [0.4, 0.5) is 4.39 Å². The van der Waals surface area contributed by atoms with Gasteiger partial charge >= 0.3 is 5.97 Å². The molecule has 0 radical (unpaired) electrons. The van der Waals surface area contributed by atoms with Gasteiger partial charge in [-0.25, -0.2) is 9.18 Å². The summed E-state index contributed by atoms with van der Waals surface area (Å²) in [4.78, 5) is 11.4. The molecule has 0 saturated carbocycles. The zero-order valence-electron chi connectivity index (χ0n) is 14.2. The summed E-state index contributed by atoms with van der Waals surface area (Å²) in [5, 5.41) is 9.30. The largest absolute Gasteiger partial charge is 0.478 e. The molecule has 1 N–H and O–H groups in total. The maximum Gasteiger partial charge on any atom is 0.339 e. The van der Waals surface area contributed by atoms with E-state index in [0.29, 0.717) is 31.0 Å². The number of rotatable bonds is 4. The highest BCUT2D eigenvalue weighted by atomic mass is 32.2. The van der Waals surface area contributed by atoms with E-state index < -0.39 is 27.6 Å². The molecular formula is C17H23FN2O4S. The lowest BCUT2D eigenvalue weighted by Crippen LogP contribution is -2.48. The number of aromatic carboxylic acids is 1. The van der Waals surface area contributed by atoms with Crippen LogP contribution in [0.2, 0.25) is 0 Å². The van der Waals surface area contributed by atoms with Gasteiger partial charge in [0.05, 0.1) is 5.56 Å². The molecule has 1 saturated heterocycles. The fourth-order valence-corrected chi connectivity index (χ4v) is 5.33. The molecular weight excluding hydrogens is 347 g/mol. The molecule has 0 bridgehead atoms. The third-order valence-corrected chi connectivity index (χ3v) is 7.32.